The number of hydrogen-bond donors (Lipinski definition) is 1. The van der Waals surface area contributed by atoms with Crippen LogP contribution in [0.15, 0.2) is 42.5 Å². The molecule has 3 aromatic rings. The van der Waals surface area contributed by atoms with E-state index in [0.29, 0.717) is 17.9 Å². The van der Waals surface area contributed by atoms with Crippen molar-refractivity contribution in [3.8, 4) is 11.5 Å². The van der Waals surface area contributed by atoms with Gasteiger partial charge in [-0.05, 0) is 36.2 Å². The van der Waals surface area contributed by atoms with E-state index in [1.54, 1.807) is 11.8 Å². The Morgan fingerprint density at radius 2 is 2.00 bits per heavy atom. The van der Waals surface area contributed by atoms with Crippen molar-refractivity contribution in [1.82, 2.24) is 9.88 Å². The Morgan fingerprint density at radius 3 is 2.81 bits per heavy atom. The highest BCUT2D eigenvalue weighted by Crippen LogP contribution is 2.44. The molecule has 0 saturated carbocycles. The lowest BCUT2D eigenvalue weighted by atomic mass is 9.87. The van der Waals surface area contributed by atoms with E-state index >= 15 is 0 Å². The minimum atomic E-state index is -0.784. The highest BCUT2D eigenvalue weighted by molar-refractivity contribution is 6.27. The van der Waals surface area contributed by atoms with Crippen molar-refractivity contribution in [2.45, 2.75) is 25.4 Å². The molecule has 0 bridgehead atoms. The normalized spacial score (nSPS) is 19.4. The topological polar surface area (TPSA) is 80.9 Å². The molecule has 0 saturated heterocycles. The number of aromatic amines is 1. The summed E-state index contributed by atoms with van der Waals surface area (Å²) in [6.45, 7) is 2.13. The number of halogens is 1. The zero-order valence-electron chi connectivity index (χ0n) is 16.9. The van der Waals surface area contributed by atoms with Crippen LogP contribution in [-0.2, 0) is 20.7 Å². The number of aromatic nitrogens is 1. The summed E-state index contributed by atoms with van der Waals surface area (Å²) in [6.07, 6.45) is 0.349. The molecule has 2 aliphatic heterocycles. The van der Waals surface area contributed by atoms with E-state index in [2.05, 4.69) is 4.98 Å². The number of nitrogens with zero attached hydrogens (tertiary/aromatic N) is 1. The summed E-state index contributed by atoms with van der Waals surface area (Å²) in [5.41, 5.74) is 3.60. The van der Waals surface area contributed by atoms with Crippen molar-refractivity contribution in [1.29, 1.82) is 0 Å². The second-order valence-corrected chi connectivity index (χ2v) is 7.75. The lowest BCUT2D eigenvalue weighted by Gasteiger charge is -2.40. The van der Waals surface area contributed by atoms with Crippen LogP contribution in [0.5, 0.6) is 11.5 Å². The average Bonchev–Trinajstić information content (AvgIpc) is 3.41. The van der Waals surface area contributed by atoms with Gasteiger partial charge in [-0.3, -0.25) is 4.79 Å². The fourth-order valence-corrected chi connectivity index (χ4v) is 4.66. The van der Waals surface area contributed by atoms with Crippen LogP contribution < -0.4 is 9.47 Å². The number of esters is 1. The maximum absolute atomic E-state index is 13.0. The first-order valence-electron chi connectivity index (χ1n) is 10.1. The van der Waals surface area contributed by atoms with Gasteiger partial charge in [-0.2, -0.15) is 0 Å². The molecule has 0 unspecified atom stereocenters. The van der Waals surface area contributed by atoms with Crippen LogP contribution in [-0.4, -0.2) is 47.1 Å². The van der Waals surface area contributed by atoms with Gasteiger partial charge in [0.2, 0.25) is 12.7 Å². The first-order chi connectivity index (χ1) is 15.1. The Bertz CT molecular complexity index is 1170. The van der Waals surface area contributed by atoms with E-state index in [1.165, 1.54) is 0 Å². The molecule has 1 N–H and O–H groups in total. The number of nitrogens with one attached hydrogen (secondary N) is 1. The third-order valence-electron chi connectivity index (χ3n) is 5.80. The molecule has 8 heteroatoms. The van der Waals surface area contributed by atoms with E-state index in [0.717, 1.165) is 27.7 Å². The summed E-state index contributed by atoms with van der Waals surface area (Å²) in [5.74, 6) is 0.224. The Morgan fingerprint density at radius 1 is 1.19 bits per heavy atom. The summed E-state index contributed by atoms with van der Waals surface area (Å²) in [4.78, 5) is 31.0. The van der Waals surface area contributed by atoms with Crippen molar-refractivity contribution in [3.05, 3.63) is 59.3 Å². The van der Waals surface area contributed by atoms with Gasteiger partial charge in [0.1, 0.15) is 11.9 Å². The fourth-order valence-electron chi connectivity index (χ4n) is 4.52. The van der Waals surface area contributed by atoms with E-state index in [4.69, 9.17) is 25.8 Å². The summed E-state index contributed by atoms with van der Waals surface area (Å²) in [5, 5.41) is 1.02. The van der Waals surface area contributed by atoms with Gasteiger partial charge in [0.05, 0.1) is 12.6 Å². The predicted octanol–water partition coefficient (Wildman–Crippen LogP) is 3.54. The maximum atomic E-state index is 13.0. The van der Waals surface area contributed by atoms with Crippen LogP contribution in [0.3, 0.4) is 0 Å². The molecule has 1 aromatic heterocycles. The van der Waals surface area contributed by atoms with Gasteiger partial charge in [0.15, 0.2) is 11.5 Å². The number of benzene rings is 2. The van der Waals surface area contributed by atoms with Crippen LogP contribution in [0.1, 0.15) is 29.8 Å². The molecule has 5 rings (SSSR count). The molecule has 160 valence electrons. The smallest absolute Gasteiger partial charge is 0.329 e. The zero-order valence-corrected chi connectivity index (χ0v) is 17.6. The molecule has 0 radical (unpaired) electrons. The van der Waals surface area contributed by atoms with Crippen molar-refractivity contribution >= 4 is 34.4 Å². The molecule has 1 amide bonds. The maximum Gasteiger partial charge on any atom is 0.329 e. The lowest BCUT2D eigenvalue weighted by Crippen LogP contribution is -2.52. The first-order valence-corrected chi connectivity index (χ1v) is 10.7. The third-order valence-corrected chi connectivity index (χ3v) is 6.03. The van der Waals surface area contributed by atoms with Crippen LogP contribution in [0.2, 0.25) is 0 Å². The Labute approximate surface area is 183 Å². The van der Waals surface area contributed by atoms with Crippen LogP contribution >= 0.6 is 11.6 Å². The Balaban J connectivity index is 1.73. The standard InChI is InChI=1S/C23H21ClN2O5/c1-2-29-23(28)17-10-15-14-5-3-4-6-16(14)25-21(15)22(26(17)20(27)11-24)13-7-8-18-19(9-13)31-12-30-18/h3-9,17,22,25H,2,10-12H2,1H3/t17-,22-/m1/s1. The van der Waals surface area contributed by atoms with Gasteiger partial charge in [-0.25, -0.2) is 4.79 Å². The van der Waals surface area contributed by atoms with Crippen molar-refractivity contribution in [2.75, 3.05) is 19.3 Å². The fraction of sp³-hybridized carbons (Fsp3) is 0.304. The van der Waals surface area contributed by atoms with E-state index in [1.807, 2.05) is 42.5 Å². The molecule has 2 aliphatic rings. The SMILES string of the molecule is CCOC(=O)[C@H]1Cc2c([nH]c3ccccc23)[C@@H](c2ccc3c(c2)OCO3)N1C(=O)CCl. The molecule has 2 aromatic carbocycles. The minimum Gasteiger partial charge on any atom is -0.464 e. The van der Waals surface area contributed by atoms with E-state index in [-0.39, 0.29) is 25.2 Å². The van der Waals surface area contributed by atoms with Crippen LogP contribution in [0.25, 0.3) is 10.9 Å². The monoisotopic (exact) mass is 440 g/mol. The Hall–Kier alpha value is -3.19. The number of carbonyl (C=O) groups is 2. The number of para-hydroxylation sites is 1. The highest BCUT2D eigenvalue weighted by Gasteiger charge is 2.44. The van der Waals surface area contributed by atoms with E-state index in [9.17, 15) is 9.59 Å². The summed E-state index contributed by atoms with van der Waals surface area (Å²) in [7, 11) is 0. The number of hydrogen-bond acceptors (Lipinski definition) is 5. The molecular weight excluding hydrogens is 420 g/mol. The largest absolute Gasteiger partial charge is 0.464 e. The number of H-pyrrole nitrogens is 1. The molecule has 31 heavy (non-hydrogen) atoms. The van der Waals surface area contributed by atoms with Gasteiger partial charge in [0, 0.05) is 23.0 Å². The first kappa shape index (κ1) is 19.8. The average molecular weight is 441 g/mol. The molecule has 0 fully saturated rings. The number of alkyl halides is 1. The molecule has 7 nitrogen and oxygen atoms in total. The second-order valence-electron chi connectivity index (χ2n) is 7.48. The van der Waals surface area contributed by atoms with Crippen LogP contribution in [0.4, 0.5) is 0 Å². The quantitative estimate of drug-likeness (QED) is 0.495. The number of amides is 1. The van der Waals surface area contributed by atoms with Crippen molar-refractivity contribution in [2.24, 2.45) is 0 Å². The van der Waals surface area contributed by atoms with Gasteiger partial charge in [-0.1, -0.05) is 24.3 Å². The van der Waals surface area contributed by atoms with Crippen molar-refractivity contribution in [3.63, 3.8) is 0 Å². The van der Waals surface area contributed by atoms with Gasteiger partial charge in [-0.15, -0.1) is 11.6 Å². The molecular formula is C23H21ClN2O5. The lowest BCUT2D eigenvalue weighted by molar-refractivity contribution is -0.156. The second kappa shape index (κ2) is 7.81. The molecule has 2 atom stereocenters. The highest BCUT2D eigenvalue weighted by atomic mass is 35.5. The zero-order chi connectivity index (χ0) is 21.5. The summed E-state index contributed by atoms with van der Waals surface area (Å²) >= 11 is 5.99. The van der Waals surface area contributed by atoms with Gasteiger partial charge >= 0.3 is 5.97 Å². The third kappa shape index (κ3) is 3.20. The minimum absolute atomic E-state index is 0.150. The molecule has 0 aliphatic carbocycles. The van der Waals surface area contributed by atoms with E-state index < -0.39 is 18.1 Å². The number of ether oxygens (including phenoxy) is 3. The predicted molar refractivity (Wildman–Crippen MR) is 114 cm³/mol. The number of fused-ring (bicyclic) bond motifs is 4. The number of carbonyl (C=O) groups excluding carboxylic acids is 2. The van der Waals surface area contributed by atoms with Gasteiger partial charge in [0.25, 0.3) is 0 Å². The van der Waals surface area contributed by atoms with Crippen LogP contribution in [0, 0.1) is 0 Å². The summed E-state index contributed by atoms with van der Waals surface area (Å²) < 4.78 is 16.3. The number of rotatable bonds is 4. The van der Waals surface area contributed by atoms with Crippen molar-refractivity contribution < 1.29 is 23.8 Å². The Kier molecular flexibility index (Phi) is 4.98. The summed E-state index contributed by atoms with van der Waals surface area (Å²) in [6, 6.07) is 12.1. The van der Waals surface area contributed by atoms with Gasteiger partial charge < -0.3 is 24.1 Å². The molecule has 0 spiro atoms. The molecule has 3 heterocycles.